The lowest BCUT2D eigenvalue weighted by molar-refractivity contribution is 0.212. The van der Waals surface area contributed by atoms with Crippen LogP contribution in [0.5, 0.6) is 0 Å². The van der Waals surface area contributed by atoms with Crippen molar-refractivity contribution in [3.05, 3.63) is 92.1 Å². The predicted molar refractivity (Wildman–Crippen MR) is 147 cm³/mol. The Morgan fingerprint density at radius 3 is 2.51 bits per heavy atom. The number of oxime groups is 1. The Morgan fingerprint density at radius 1 is 1.10 bits per heavy atom. The second kappa shape index (κ2) is 10.9. The number of aryl methyl sites for hydroxylation is 2. The van der Waals surface area contributed by atoms with E-state index in [4.69, 9.17) is 9.36 Å². The van der Waals surface area contributed by atoms with Gasteiger partial charge in [-0.05, 0) is 37.0 Å². The molecule has 0 fully saturated rings. The molecular formula is C28H29N7O4. The van der Waals surface area contributed by atoms with Gasteiger partial charge in [0.05, 0.1) is 18.0 Å². The van der Waals surface area contributed by atoms with Crippen molar-refractivity contribution in [1.82, 2.24) is 29.3 Å². The summed E-state index contributed by atoms with van der Waals surface area (Å²) in [5.41, 5.74) is 5.64. The summed E-state index contributed by atoms with van der Waals surface area (Å²) in [6.07, 6.45) is 1.98. The first-order valence-corrected chi connectivity index (χ1v) is 12.7. The van der Waals surface area contributed by atoms with E-state index >= 15 is 0 Å². The maximum Gasteiger partial charge on any atom is 0.439 e. The highest BCUT2D eigenvalue weighted by atomic mass is 16.6. The van der Waals surface area contributed by atoms with Crippen molar-refractivity contribution >= 4 is 11.5 Å². The van der Waals surface area contributed by atoms with E-state index in [1.54, 1.807) is 16.0 Å². The van der Waals surface area contributed by atoms with Crippen molar-refractivity contribution in [1.29, 1.82) is 0 Å². The molecule has 0 aliphatic heterocycles. The molecule has 11 nitrogen and oxygen atoms in total. The van der Waals surface area contributed by atoms with Crippen LogP contribution in [-0.4, -0.2) is 42.1 Å². The third kappa shape index (κ3) is 5.15. The average Bonchev–Trinajstić information content (AvgIpc) is 3.54. The van der Waals surface area contributed by atoms with E-state index in [9.17, 15) is 9.59 Å². The first kappa shape index (κ1) is 25.8. The molecular weight excluding hydrogens is 498 g/mol. The summed E-state index contributed by atoms with van der Waals surface area (Å²) in [4.78, 5) is 37.4. The summed E-state index contributed by atoms with van der Waals surface area (Å²) >= 11 is 0. The second-order valence-corrected chi connectivity index (χ2v) is 9.31. The number of nitrogens with one attached hydrogen (secondary N) is 1. The van der Waals surface area contributed by atoms with E-state index in [1.807, 2.05) is 55.5 Å². The molecule has 0 atom stereocenters. The van der Waals surface area contributed by atoms with Gasteiger partial charge in [0, 0.05) is 17.5 Å². The molecule has 0 aliphatic carbocycles. The normalized spacial score (nSPS) is 11.8. The maximum atomic E-state index is 13.9. The van der Waals surface area contributed by atoms with E-state index in [1.165, 1.54) is 7.11 Å². The number of aromatic amines is 1. The Bertz CT molecular complexity index is 1770. The molecule has 0 saturated carbocycles. The van der Waals surface area contributed by atoms with E-state index in [0.717, 1.165) is 34.4 Å². The summed E-state index contributed by atoms with van der Waals surface area (Å²) in [7, 11) is 1.48. The smallest absolute Gasteiger partial charge is 0.399 e. The van der Waals surface area contributed by atoms with Gasteiger partial charge in [-0.25, -0.2) is 9.31 Å². The second-order valence-electron chi connectivity index (χ2n) is 9.31. The minimum absolute atomic E-state index is 0.117. The van der Waals surface area contributed by atoms with Gasteiger partial charge in [0.25, 0.3) is 5.56 Å². The van der Waals surface area contributed by atoms with Crippen LogP contribution in [0.3, 0.4) is 0 Å². The van der Waals surface area contributed by atoms with Gasteiger partial charge in [0.1, 0.15) is 12.9 Å². The van der Waals surface area contributed by atoms with Crippen molar-refractivity contribution in [2.75, 3.05) is 7.11 Å². The fraction of sp³-hybridized carbons (Fsp3) is 0.286. The number of benzene rings is 2. The standard InChI is InChI=1S/C28H29N7O4/c1-5-8-24-23(26(36)34(16-17(2)32-38-4)27-29-18(3)31-35(24)27)15-19-11-13-20(14-12-19)21-9-6-7-10-22(21)25-30-28(37)39-33-25/h6-7,9-14H,5,8,15-16H2,1-4H3,(H,30,33,37)/b32-17-. The number of nitrogens with zero attached hydrogens (tertiary/aromatic N) is 6. The number of rotatable bonds is 9. The molecule has 3 aromatic heterocycles. The minimum Gasteiger partial charge on any atom is -0.399 e. The summed E-state index contributed by atoms with van der Waals surface area (Å²) < 4.78 is 8.10. The monoisotopic (exact) mass is 527 g/mol. The molecule has 39 heavy (non-hydrogen) atoms. The fourth-order valence-corrected chi connectivity index (χ4v) is 4.79. The molecule has 0 spiro atoms. The Morgan fingerprint density at radius 2 is 1.85 bits per heavy atom. The van der Waals surface area contributed by atoms with Crippen LogP contribution in [0.1, 0.15) is 42.9 Å². The molecule has 1 N–H and O–H groups in total. The van der Waals surface area contributed by atoms with E-state index in [-0.39, 0.29) is 12.1 Å². The van der Waals surface area contributed by atoms with Crippen LogP contribution in [-0.2, 0) is 24.2 Å². The van der Waals surface area contributed by atoms with Crippen molar-refractivity contribution < 1.29 is 9.36 Å². The van der Waals surface area contributed by atoms with Crippen LogP contribution in [0.25, 0.3) is 28.3 Å². The van der Waals surface area contributed by atoms with Crippen molar-refractivity contribution in [3.8, 4) is 22.5 Å². The first-order chi connectivity index (χ1) is 18.9. The molecule has 0 radical (unpaired) electrons. The Hall–Kier alpha value is -4.80. The topological polar surface area (TPSA) is 133 Å². The SMILES string of the molecule is CCCc1c(Cc2ccc(-c3ccccc3-c3noc(=O)[nH]3)cc2)c(=O)n(C/C(C)=N\OC)c2nc(C)nn12. The Labute approximate surface area is 223 Å². The number of aromatic nitrogens is 6. The van der Waals surface area contributed by atoms with Gasteiger partial charge >= 0.3 is 5.76 Å². The Kier molecular flexibility index (Phi) is 7.22. The quantitative estimate of drug-likeness (QED) is 0.228. The summed E-state index contributed by atoms with van der Waals surface area (Å²) in [6, 6.07) is 15.6. The number of hydrogen-bond donors (Lipinski definition) is 1. The third-order valence-electron chi connectivity index (χ3n) is 6.43. The van der Waals surface area contributed by atoms with Crippen LogP contribution in [0, 0.1) is 6.92 Å². The molecule has 11 heteroatoms. The van der Waals surface area contributed by atoms with Gasteiger partial charge < -0.3 is 4.84 Å². The van der Waals surface area contributed by atoms with E-state index < -0.39 is 5.76 Å². The number of H-pyrrole nitrogens is 1. The predicted octanol–water partition coefficient (Wildman–Crippen LogP) is 3.78. The Balaban J connectivity index is 1.56. The number of hydrogen-bond acceptors (Lipinski definition) is 8. The molecule has 0 aliphatic rings. The lowest BCUT2D eigenvalue weighted by Gasteiger charge is -2.15. The fourth-order valence-electron chi connectivity index (χ4n) is 4.79. The van der Waals surface area contributed by atoms with Crippen molar-refractivity contribution in [2.45, 2.75) is 46.6 Å². The van der Waals surface area contributed by atoms with Gasteiger partial charge in [0.15, 0.2) is 5.82 Å². The van der Waals surface area contributed by atoms with Gasteiger partial charge in [-0.2, -0.15) is 10.1 Å². The molecule has 5 rings (SSSR count). The van der Waals surface area contributed by atoms with E-state index in [2.05, 4.69) is 32.3 Å². The molecule has 3 heterocycles. The van der Waals surface area contributed by atoms with Crippen LogP contribution in [0.15, 0.2) is 67.8 Å². The van der Waals surface area contributed by atoms with Crippen LogP contribution >= 0.6 is 0 Å². The molecule has 200 valence electrons. The molecule has 0 saturated heterocycles. The first-order valence-electron chi connectivity index (χ1n) is 12.7. The van der Waals surface area contributed by atoms with Crippen molar-refractivity contribution in [3.63, 3.8) is 0 Å². The maximum absolute atomic E-state index is 13.9. The average molecular weight is 528 g/mol. The molecule has 5 aromatic rings. The summed E-state index contributed by atoms with van der Waals surface area (Å²) in [5.74, 6) is 0.851. The zero-order chi connectivity index (χ0) is 27.5. The van der Waals surface area contributed by atoms with Crippen LogP contribution in [0.4, 0.5) is 0 Å². The lowest BCUT2D eigenvalue weighted by Crippen LogP contribution is -2.31. The van der Waals surface area contributed by atoms with Gasteiger partial charge in [-0.1, -0.05) is 72.2 Å². The molecule has 2 aromatic carbocycles. The van der Waals surface area contributed by atoms with Crippen LogP contribution in [0.2, 0.25) is 0 Å². The summed E-state index contributed by atoms with van der Waals surface area (Å²) in [5, 5.41) is 12.4. The van der Waals surface area contributed by atoms with Gasteiger partial charge in [-0.15, -0.1) is 0 Å². The highest BCUT2D eigenvalue weighted by molar-refractivity contribution is 5.81. The molecule has 0 amide bonds. The van der Waals surface area contributed by atoms with Gasteiger partial charge in [-0.3, -0.25) is 18.9 Å². The number of fused-ring (bicyclic) bond motifs is 1. The van der Waals surface area contributed by atoms with Crippen LogP contribution < -0.4 is 11.3 Å². The van der Waals surface area contributed by atoms with E-state index in [0.29, 0.717) is 41.5 Å². The van der Waals surface area contributed by atoms with Crippen molar-refractivity contribution in [2.24, 2.45) is 5.16 Å². The summed E-state index contributed by atoms with van der Waals surface area (Å²) in [6.45, 7) is 5.95. The molecule has 0 bridgehead atoms. The zero-order valence-corrected chi connectivity index (χ0v) is 22.3. The molecule has 0 unspecified atom stereocenters. The lowest BCUT2D eigenvalue weighted by atomic mass is 9.96. The highest BCUT2D eigenvalue weighted by Gasteiger charge is 2.20. The third-order valence-corrected chi connectivity index (χ3v) is 6.43. The van der Waals surface area contributed by atoms with Gasteiger partial charge in [0.2, 0.25) is 5.78 Å². The largest absolute Gasteiger partial charge is 0.439 e. The zero-order valence-electron chi connectivity index (χ0n) is 22.3. The highest BCUT2D eigenvalue weighted by Crippen LogP contribution is 2.30. The minimum atomic E-state index is -0.605.